The van der Waals surface area contributed by atoms with Crippen molar-refractivity contribution >= 4 is 41.5 Å². The molecule has 1 heterocycles. The molecule has 30 heavy (non-hydrogen) atoms. The predicted octanol–water partition coefficient (Wildman–Crippen LogP) is 3.45. The zero-order chi connectivity index (χ0) is 20.6. The largest absolute Gasteiger partial charge is 0.489 e. The molecule has 0 radical (unpaired) electrons. The number of amides is 1. The van der Waals surface area contributed by atoms with Gasteiger partial charge in [-0.15, -0.1) is 24.0 Å². The fourth-order valence-corrected chi connectivity index (χ4v) is 3.04. The number of benzene rings is 2. The van der Waals surface area contributed by atoms with Crippen LogP contribution in [0.5, 0.6) is 5.75 Å². The van der Waals surface area contributed by atoms with Gasteiger partial charge in [0.05, 0.1) is 6.54 Å². The summed E-state index contributed by atoms with van der Waals surface area (Å²) < 4.78 is 31.7. The molecular formula is C21H25F2IN4O2. The number of ether oxygens (including phenoxy) is 1. The van der Waals surface area contributed by atoms with Gasteiger partial charge in [-0.2, -0.15) is 0 Å². The molecule has 1 aliphatic rings. The Balaban J connectivity index is 0.00000320. The van der Waals surface area contributed by atoms with E-state index in [0.717, 1.165) is 36.3 Å². The van der Waals surface area contributed by atoms with E-state index in [1.165, 1.54) is 6.07 Å². The number of anilines is 1. The highest BCUT2D eigenvalue weighted by molar-refractivity contribution is 14.0. The van der Waals surface area contributed by atoms with Gasteiger partial charge in [0, 0.05) is 38.3 Å². The number of nitrogens with one attached hydrogen (secondary N) is 2. The third-order valence-corrected chi connectivity index (χ3v) is 4.55. The summed E-state index contributed by atoms with van der Waals surface area (Å²) in [5.41, 5.74) is 1.97. The molecule has 0 aliphatic carbocycles. The monoisotopic (exact) mass is 530 g/mol. The number of aliphatic imine (C=N–C) groups is 1. The Morgan fingerprint density at radius 3 is 2.57 bits per heavy atom. The van der Waals surface area contributed by atoms with Gasteiger partial charge in [0.2, 0.25) is 5.91 Å². The zero-order valence-corrected chi connectivity index (χ0v) is 19.0. The molecule has 0 aromatic heterocycles. The second kappa shape index (κ2) is 11.7. The molecule has 2 aromatic carbocycles. The van der Waals surface area contributed by atoms with Gasteiger partial charge in [0.1, 0.15) is 12.4 Å². The van der Waals surface area contributed by atoms with Gasteiger partial charge >= 0.3 is 0 Å². The fraction of sp³-hybridized carbons (Fsp3) is 0.333. The zero-order valence-electron chi connectivity index (χ0n) is 16.7. The van der Waals surface area contributed by atoms with E-state index in [4.69, 9.17) is 4.74 Å². The summed E-state index contributed by atoms with van der Waals surface area (Å²) in [6.07, 6.45) is 1.52. The average Bonchev–Trinajstić information content (AvgIpc) is 3.15. The van der Waals surface area contributed by atoms with Gasteiger partial charge in [-0.1, -0.05) is 12.1 Å². The number of guanidine groups is 1. The van der Waals surface area contributed by atoms with Gasteiger partial charge in [0.15, 0.2) is 17.5 Å². The minimum Gasteiger partial charge on any atom is -0.489 e. The van der Waals surface area contributed by atoms with Crippen molar-refractivity contribution in [2.45, 2.75) is 19.4 Å². The number of carbonyl (C=O) groups is 1. The first kappa shape index (κ1) is 23.8. The van der Waals surface area contributed by atoms with Crippen LogP contribution in [0.1, 0.15) is 18.4 Å². The number of hydrogen-bond donors (Lipinski definition) is 2. The van der Waals surface area contributed by atoms with Crippen LogP contribution in [0.15, 0.2) is 47.5 Å². The third-order valence-electron chi connectivity index (χ3n) is 4.55. The van der Waals surface area contributed by atoms with Crippen molar-refractivity contribution in [1.82, 2.24) is 10.6 Å². The molecule has 0 saturated carbocycles. The highest BCUT2D eigenvalue weighted by atomic mass is 127. The summed E-state index contributed by atoms with van der Waals surface area (Å²) >= 11 is 0. The number of rotatable bonds is 7. The quantitative estimate of drug-likeness (QED) is 0.249. The van der Waals surface area contributed by atoms with E-state index >= 15 is 0 Å². The first-order valence-electron chi connectivity index (χ1n) is 9.48. The van der Waals surface area contributed by atoms with Crippen LogP contribution in [-0.4, -0.2) is 38.6 Å². The minimum absolute atomic E-state index is 0. The highest BCUT2D eigenvalue weighted by Gasteiger charge is 2.21. The van der Waals surface area contributed by atoms with Crippen molar-refractivity contribution in [2.75, 3.05) is 31.6 Å². The lowest BCUT2D eigenvalue weighted by atomic mass is 10.2. The third kappa shape index (κ3) is 6.54. The van der Waals surface area contributed by atoms with Gasteiger partial charge in [-0.25, -0.2) is 8.78 Å². The number of nitrogens with zero attached hydrogens (tertiary/aromatic N) is 2. The molecule has 1 saturated heterocycles. The van der Waals surface area contributed by atoms with Crippen molar-refractivity contribution in [3.8, 4) is 5.75 Å². The lowest BCUT2D eigenvalue weighted by Crippen LogP contribution is -2.38. The van der Waals surface area contributed by atoms with E-state index in [0.29, 0.717) is 25.5 Å². The molecule has 2 N–H and O–H groups in total. The fourth-order valence-electron chi connectivity index (χ4n) is 3.04. The number of halogens is 3. The van der Waals surface area contributed by atoms with E-state index in [-0.39, 0.29) is 42.2 Å². The average molecular weight is 530 g/mol. The highest BCUT2D eigenvalue weighted by Crippen LogP contribution is 2.21. The minimum atomic E-state index is -0.730. The molecule has 6 nitrogen and oxygen atoms in total. The lowest BCUT2D eigenvalue weighted by Gasteiger charge is -2.16. The Morgan fingerprint density at radius 2 is 1.93 bits per heavy atom. The topological polar surface area (TPSA) is 66.0 Å². The van der Waals surface area contributed by atoms with Crippen molar-refractivity contribution in [1.29, 1.82) is 0 Å². The standard InChI is InChI=1S/C21H24F2N4O2.HI/c1-24-21(25-10-12-29-19-9-6-16(22)13-18(19)23)26-14-15-4-7-17(8-5-15)27-11-2-3-20(27)28;/h4-9,13H,2-3,10-12,14H2,1H3,(H2,24,25,26);1H. The molecule has 2 aromatic rings. The second-order valence-electron chi connectivity index (χ2n) is 6.59. The van der Waals surface area contributed by atoms with Crippen LogP contribution in [0.3, 0.4) is 0 Å². The lowest BCUT2D eigenvalue weighted by molar-refractivity contribution is -0.117. The SMILES string of the molecule is CN=C(NCCOc1ccc(F)cc1F)NCc1ccc(N2CCCC2=O)cc1.I. The number of carbonyl (C=O) groups excluding carboxylic acids is 1. The summed E-state index contributed by atoms with van der Waals surface area (Å²) in [5.74, 6) is -0.618. The van der Waals surface area contributed by atoms with Crippen molar-refractivity contribution in [3.63, 3.8) is 0 Å². The molecular weight excluding hydrogens is 505 g/mol. The van der Waals surface area contributed by atoms with Crippen molar-refractivity contribution < 1.29 is 18.3 Å². The summed E-state index contributed by atoms with van der Waals surface area (Å²) in [7, 11) is 1.65. The molecule has 0 spiro atoms. The molecule has 1 fully saturated rings. The van der Waals surface area contributed by atoms with E-state index in [1.807, 2.05) is 29.2 Å². The van der Waals surface area contributed by atoms with Crippen LogP contribution in [-0.2, 0) is 11.3 Å². The van der Waals surface area contributed by atoms with E-state index in [9.17, 15) is 13.6 Å². The molecule has 3 rings (SSSR count). The van der Waals surface area contributed by atoms with Crippen LogP contribution in [0.2, 0.25) is 0 Å². The molecule has 9 heteroatoms. The molecule has 0 bridgehead atoms. The van der Waals surface area contributed by atoms with E-state index in [1.54, 1.807) is 7.05 Å². The van der Waals surface area contributed by atoms with E-state index < -0.39 is 11.6 Å². The van der Waals surface area contributed by atoms with E-state index in [2.05, 4.69) is 15.6 Å². The second-order valence-corrected chi connectivity index (χ2v) is 6.59. The van der Waals surface area contributed by atoms with Gasteiger partial charge in [0.25, 0.3) is 0 Å². The molecule has 162 valence electrons. The maximum atomic E-state index is 13.5. The first-order valence-corrected chi connectivity index (χ1v) is 9.48. The van der Waals surface area contributed by atoms with Gasteiger partial charge in [-0.3, -0.25) is 9.79 Å². The summed E-state index contributed by atoms with van der Waals surface area (Å²) in [6.45, 7) is 1.92. The first-order chi connectivity index (χ1) is 14.1. The van der Waals surface area contributed by atoms with Crippen molar-refractivity contribution in [2.24, 2.45) is 4.99 Å². The Bertz CT molecular complexity index is 878. The smallest absolute Gasteiger partial charge is 0.227 e. The summed E-state index contributed by atoms with van der Waals surface area (Å²) in [5, 5.41) is 6.25. The predicted molar refractivity (Wildman–Crippen MR) is 123 cm³/mol. The summed E-state index contributed by atoms with van der Waals surface area (Å²) in [4.78, 5) is 17.7. The van der Waals surface area contributed by atoms with Crippen molar-refractivity contribution in [3.05, 3.63) is 59.7 Å². The van der Waals surface area contributed by atoms with Gasteiger partial charge in [-0.05, 0) is 36.2 Å². The molecule has 0 atom stereocenters. The van der Waals surface area contributed by atoms with Crippen LogP contribution in [0.25, 0.3) is 0 Å². The van der Waals surface area contributed by atoms with Crippen LogP contribution >= 0.6 is 24.0 Å². The van der Waals surface area contributed by atoms with Crippen LogP contribution in [0.4, 0.5) is 14.5 Å². The van der Waals surface area contributed by atoms with Crippen LogP contribution in [0, 0.1) is 11.6 Å². The summed E-state index contributed by atoms with van der Waals surface area (Å²) in [6, 6.07) is 11.0. The Labute approximate surface area is 191 Å². The molecule has 0 unspecified atom stereocenters. The normalized spacial score (nSPS) is 13.8. The maximum absolute atomic E-state index is 13.5. The maximum Gasteiger partial charge on any atom is 0.227 e. The van der Waals surface area contributed by atoms with Crippen LogP contribution < -0.4 is 20.3 Å². The van der Waals surface area contributed by atoms with Gasteiger partial charge < -0.3 is 20.3 Å². The Kier molecular flexibility index (Phi) is 9.28. The molecule has 1 aliphatic heterocycles. The Morgan fingerprint density at radius 1 is 1.17 bits per heavy atom. The Hall–Kier alpha value is -2.43. The molecule has 1 amide bonds. The number of hydrogen-bond acceptors (Lipinski definition) is 3.